The van der Waals surface area contributed by atoms with E-state index in [2.05, 4.69) is 18.6 Å². The fourth-order valence-corrected chi connectivity index (χ4v) is 4.23. The van der Waals surface area contributed by atoms with E-state index < -0.39 is 22.1 Å². The number of carboxylic acids is 1. The fourth-order valence-electron chi connectivity index (χ4n) is 2.94. The molecule has 27 heavy (non-hydrogen) atoms. The van der Waals surface area contributed by atoms with Crippen LogP contribution in [0.2, 0.25) is 0 Å². The molecule has 152 valence electrons. The number of carbonyl (C=O) groups is 1. The van der Waals surface area contributed by atoms with Crippen molar-refractivity contribution < 1.29 is 23.1 Å². The highest BCUT2D eigenvalue weighted by Crippen LogP contribution is 2.19. The smallest absolute Gasteiger partial charge is 0.307 e. The first kappa shape index (κ1) is 21.7. The van der Waals surface area contributed by atoms with Crippen molar-refractivity contribution in [3.05, 3.63) is 29.8 Å². The van der Waals surface area contributed by atoms with E-state index in [9.17, 15) is 13.2 Å². The number of rotatable bonds is 10. The van der Waals surface area contributed by atoms with Crippen LogP contribution in [0.3, 0.4) is 0 Å². The third-order valence-electron chi connectivity index (χ3n) is 4.66. The quantitative estimate of drug-likeness (QED) is 0.630. The number of benzene rings is 1. The molecule has 0 bridgehead atoms. The van der Waals surface area contributed by atoms with Crippen LogP contribution in [0.4, 0.5) is 0 Å². The summed E-state index contributed by atoms with van der Waals surface area (Å²) >= 11 is 0. The van der Waals surface area contributed by atoms with Crippen LogP contribution in [-0.4, -0.2) is 50.0 Å². The molecular weight excluding hydrogens is 368 g/mol. The highest BCUT2D eigenvalue weighted by atomic mass is 32.2. The van der Waals surface area contributed by atoms with Gasteiger partial charge in [0, 0.05) is 19.6 Å². The molecule has 7 nitrogen and oxygen atoms in total. The maximum absolute atomic E-state index is 12.4. The maximum atomic E-state index is 12.4. The Labute approximate surface area is 161 Å². The van der Waals surface area contributed by atoms with Crippen LogP contribution in [0.1, 0.15) is 38.7 Å². The third kappa shape index (κ3) is 7.12. The Balaban J connectivity index is 1.78. The van der Waals surface area contributed by atoms with Crippen molar-refractivity contribution in [2.75, 3.05) is 26.2 Å². The van der Waals surface area contributed by atoms with Crippen LogP contribution in [0, 0.1) is 11.8 Å². The van der Waals surface area contributed by atoms with Crippen molar-refractivity contribution in [1.82, 2.24) is 9.03 Å². The number of aliphatic carboxylic acids is 1. The van der Waals surface area contributed by atoms with E-state index in [1.807, 2.05) is 24.3 Å². The van der Waals surface area contributed by atoms with Crippen molar-refractivity contribution >= 4 is 16.2 Å². The highest BCUT2D eigenvalue weighted by molar-refractivity contribution is 7.87. The zero-order chi connectivity index (χ0) is 19.9. The summed E-state index contributed by atoms with van der Waals surface area (Å²) in [5.41, 5.74) is 1.01. The summed E-state index contributed by atoms with van der Waals surface area (Å²) < 4.78 is 34.2. The van der Waals surface area contributed by atoms with Gasteiger partial charge in [-0.15, -0.1) is 0 Å². The molecule has 0 spiro atoms. The number of hydrogen-bond donors (Lipinski definition) is 2. The van der Waals surface area contributed by atoms with E-state index in [0.717, 1.165) is 17.7 Å². The molecule has 1 fully saturated rings. The second-order valence-electron chi connectivity index (χ2n) is 7.36. The lowest BCUT2D eigenvalue weighted by Crippen LogP contribution is -2.47. The second-order valence-corrected chi connectivity index (χ2v) is 9.11. The molecule has 2 rings (SSSR count). The molecule has 0 radical (unpaired) electrons. The zero-order valence-corrected chi connectivity index (χ0v) is 16.9. The van der Waals surface area contributed by atoms with Gasteiger partial charge in [-0.05, 0) is 49.3 Å². The van der Waals surface area contributed by atoms with Crippen molar-refractivity contribution in [3.8, 4) is 5.75 Å². The summed E-state index contributed by atoms with van der Waals surface area (Å²) in [5, 5.41) is 9.10. The molecular formula is C19H30N2O5S. The Hall–Kier alpha value is -1.64. The lowest BCUT2D eigenvalue weighted by atomic mass is 10.0. The molecule has 1 aliphatic rings. The van der Waals surface area contributed by atoms with Gasteiger partial charge in [-0.3, -0.25) is 4.79 Å². The van der Waals surface area contributed by atoms with E-state index >= 15 is 0 Å². The monoisotopic (exact) mass is 398 g/mol. The Morgan fingerprint density at radius 3 is 2.67 bits per heavy atom. The predicted octanol–water partition coefficient (Wildman–Crippen LogP) is 2.29. The van der Waals surface area contributed by atoms with Crippen LogP contribution in [-0.2, 0) is 21.4 Å². The summed E-state index contributed by atoms with van der Waals surface area (Å²) in [6.45, 7) is 5.65. The van der Waals surface area contributed by atoms with Crippen molar-refractivity contribution in [1.29, 1.82) is 0 Å². The summed E-state index contributed by atoms with van der Waals surface area (Å²) in [5.74, 6) is -0.153. The molecule has 0 aromatic heterocycles. The molecule has 1 heterocycles. The van der Waals surface area contributed by atoms with Crippen molar-refractivity contribution in [2.24, 2.45) is 11.8 Å². The van der Waals surface area contributed by atoms with Gasteiger partial charge in [-0.2, -0.15) is 12.7 Å². The fraction of sp³-hybridized carbons (Fsp3) is 0.632. The van der Waals surface area contributed by atoms with E-state index in [1.54, 1.807) is 0 Å². The average molecular weight is 399 g/mol. The summed E-state index contributed by atoms with van der Waals surface area (Å²) in [7, 11) is -3.65. The Bertz CT molecular complexity index is 703. The molecule has 1 aliphatic heterocycles. The molecule has 8 heteroatoms. The van der Waals surface area contributed by atoms with Crippen molar-refractivity contribution in [3.63, 3.8) is 0 Å². The molecule has 1 aromatic carbocycles. The topological polar surface area (TPSA) is 95.9 Å². The van der Waals surface area contributed by atoms with Crippen molar-refractivity contribution in [2.45, 2.75) is 39.5 Å². The first-order valence-electron chi connectivity index (χ1n) is 9.47. The van der Waals surface area contributed by atoms with Gasteiger partial charge >= 0.3 is 5.97 Å². The van der Waals surface area contributed by atoms with Crippen LogP contribution < -0.4 is 9.46 Å². The maximum Gasteiger partial charge on any atom is 0.307 e. The minimum Gasteiger partial charge on any atom is -0.494 e. The number of nitrogens with zero attached hydrogens (tertiary/aromatic N) is 1. The molecule has 1 saturated heterocycles. The van der Waals surface area contributed by atoms with Gasteiger partial charge in [-0.25, -0.2) is 4.72 Å². The number of piperidine rings is 1. The first-order chi connectivity index (χ1) is 12.8. The summed E-state index contributed by atoms with van der Waals surface area (Å²) in [6.07, 6.45) is 2.65. The summed E-state index contributed by atoms with van der Waals surface area (Å²) in [6, 6.07) is 7.65. The van der Waals surface area contributed by atoms with Gasteiger partial charge in [0.15, 0.2) is 0 Å². The third-order valence-corrected chi connectivity index (χ3v) is 6.24. The first-order valence-corrected chi connectivity index (χ1v) is 10.9. The van der Waals surface area contributed by atoms with Gasteiger partial charge in [0.1, 0.15) is 5.75 Å². The number of ether oxygens (including phenoxy) is 1. The Kier molecular flexibility index (Phi) is 8.07. The predicted molar refractivity (Wildman–Crippen MR) is 104 cm³/mol. The van der Waals surface area contributed by atoms with Crippen LogP contribution in [0.15, 0.2) is 24.3 Å². The largest absolute Gasteiger partial charge is 0.494 e. The molecule has 1 atom stereocenters. The highest BCUT2D eigenvalue weighted by Gasteiger charge is 2.31. The van der Waals surface area contributed by atoms with Crippen LogP contribution in [0.5, 0.6) is 5.75 Å². The van der Waals surface area contributed by atoms with Gasteiger partial charge < -0.3 is 9.84 Å². The van der Waals surface area contributed by atoms with E-state index in [0.29, 0.717) is 38.3 Å². The van der Waals surface area contributed by atoms with Crippen LogP contribution >= 0.6 is 0 Å². The molecule has 0 saturated carbocycles. The molecule has 2 N–H and O–H groups in total. The minimum atomic E-state index is -3.65. The Morgan fingerprint density at radius 2 is 2.04 bits per heavy atom. The van der Waals surface area contributed by atoms with Gasteiger partial charge in [0.2, 0.25) is 0 Å². The standard InChI is InChI=1S/C19H30N2O5S/c1-15(2)10-13-26-18-7-5-16(6-8-18)9-11-20-27(24,25)21-12-3-4-17(14-21)19(22)23/h5-8,15,17,20H,3-4,9-14H2,1-2H3,(H,22,23)/t17-/m1/s1. The summed E-state index contributed by atoms with van der Waals surface area (Å²) in [4.78, 5) is 11.1. The minimum absolute atomic E-state index is 0.0348. The zero-order valence-electron chi connectivity index (χ0n) is 16.1. The molecule has 0 amide bonds. The van der Waals surface area contributed by atoms with Gasteiger partial charge in [-0.1, -0.05) is 26.0 Å². The lowest BCUT2D eigenvalue weighted by Gasteiger charge is -2.29. The van der Waals surface area contributed by atoms with Gasteiger partial charge in [0.25, 0.3) is 10.2 Å². The average Bonchev–Trinajstić information content (AvgIpc) is 2.63. The van der Waals surface area contributed by atoms with E-state index in [4.69, 9.17) is 9.84 Å². The van der Waals surface area contributed by atoms with Gasteiger partial charge in [0.05, 0.1) is 12.5 Å². The lowest BCUT2D eigenvalue weighted by molar-refractivity contribution is -0.142. The SMILES string of the molecule is CC(C)CCOc1ccc(CCNS(=O)(=O)N2CCC[C@@H](C(=O)O)C2)cc1. The second kappa shape index (κ2) is 10.1. The molecule has 0 aliphatic carbocycles. The normalized spacial score (nSPS) is 18.6. The van der Waals surface area contributed by atoms with Crippen LogP contribution in [0.25, 0.3) is 0 Å². The Morgan fingerprint density at radius 1 is 1.33 bits per heavy atom. The van der Waals surface area contributed by atoms with E-state index in [1.165, 1.54) is 4.31 Å². The number of carboxylic acid groups (broad SMARTS) is 1. The molecule has 0 unspecified atom stereocenters. The number of nitrogens with one attached hydrogen (secondary N) is 1. The number of hydrogen-bond acceptors (Lipinski definition) is 4. The van der Waals surface area contributed by atoms with E-state index in [-0.39, 0.29) is 13.1 Å². The molecule has 1 aromatic rings.